The van der Waals surface area contributed by atoms with Crippen LogP contribution in [0.25, 0.3) is 10.1 Å². The topological polar surface area (TPSA) is 85.8 Å². The fraction of sp³-hybridized carbons (Fsp3) is 0.273. The van der Waals surface area contributed by atoms with E-state index in [0.29, 0.717) is 25.6 Å². The summed E-state index contributed by atoms with van der Waals surface area (Å²) in [5.41, 5.74) is 1.04. The molecule has 0 aliphatic rings. The van der Waals surface area contributed by atoms with Crippen LogP contribution in [-0.2, 0) is 11.3 Å². The first-order chi connectivity index (χ1) is 14.2. The second-order valence-corrected chi connectivity index (χ2v) is 7.66. The number of aliphatic imine (C=N–C) groups is 1. The summed E-state index contributed by atoms with van der Waals surface area (Å²) in [7, 11) is 0. The number of nitrogens with zero attached hydrogens (tertiary/aromatic N) is 1. The number of hydrogen-bond acceptors (Lipinski definition) is 4. The monoisotopic (exact) mass is 410 g/mol. The van der Waals surface area contributed by atoms with E-state index in [2.05, 4.69) is 20.9 Å². The van der Waals surface area contributed by atoms with E-state index in [1.54, 1.807) is 11.3 Å². The summed E-state index contributed by atoms with van der Waals surface area (Å²) in [6.07, 6.45) is -0.650. The van der Waals surface area contributed by atoms with E-state index in [1.165, 1.54) is 0 Å². The summed E-state index contributed by atoms with van der Waals surface area (Å²) in [5, 5.41) is 20.7. The van der Waals surface area contributed by atoms with Crippen molar-refractivity contribution in [1.82, 2.24) is 16.0 Å². The van der Waals surface area contributed by atoms with Crippen LogP contribution in [0.15, 0.2) is 65.7 Å². The molecule has 7 heteroatoms. The molecule has 2 aromatic carbocycles. The van der Waals surface area contributed by atoms with Gasteiger partial charge in [0.1, 0.15) is 12.6 Å². The van der Waals surface area contributed by atoms with Crippen LogP contribution in [0.3, 0.4) is 0 Å². The van der Waals surface area contributed by atoms with Crippen LogP contribution in [0.1, 0.15) is 23.5 Å². The number of aliphatic hydroxyl groups is 1. The molecule has 0 aliphatic heterocycles. The lowest BCUT2D eigenvalue weighted by atomic mass is 10.2. The number of benzene rings is 2. The Hall–Kier alpha value is -2.90. The third-order valence-electron chi connectivity index (χ3n) is 4.29. The van der Waals surface area contributed by atoms with Crippen molar-refractivity contribution >= 4 is 33.3 Å². The smallest absolute Gasteiger partial charge is 0.242 e. The van der Waals surface area contributed by atoms with Crippen molar-refractivity contribution in [2.75, 3.05) is 19.6 Å². The first-order valence-corrected chi connectivity index (χ1v) is 10.5. The van der Waals surface area contributed by atoms with Gasteiger partial charge in [0, 0.05) is 29.2 Å². The number of guanidine groups is 1. The molecule has 1 heterocycles. The average Bonchev–Trinajstić information content (AvgIpc) is 3.19. The molecule has 0 aliphatic carbocycles. The number of carbonyl (C=O) groups is 1. The van der Waals surface area contributed by atoms with Crippen LogP contribution in [0.4, 0.5) is 0 Å². The number of aliphatic hydroxyl groups excluding tert-OH is 1. The molecule has 1 aromatic heterocycles. The predicted molar refractivity (Wildman–Crippen MR) is 119 cm³/mol. The number of rotatable bonds is 8. The van der Waals surface area contributed by atoms with Crippen LogP contribution in [0, 0.1) is 0 Å². The summed E-state index contributed by atoms with van der Waals surface area (Å²) in [6.45, 7) is 3.42. The van der Waals surface area contributed by atoms with Gasteiger partial charge in [0.15, 0.2) is 5.96 Å². The Morgan fingerprint density at radius 1 is 1.07 bits per heavy atom. The van der Waals surface area contributed by atoms with Crippen molar-refractivity contribution in [2.45, 2.75) is 19.6 Å². The van der Waals surface area contributed by atoms with E-state index in [1.807, 2.05) is 67.6 Å². The summed E-state index contributed by atoms with van der Waals surface area (Å²) < 4.78 is 1.15. The van der Waals surface area contributed by atoms with Crippen LogP contribution in [0.2, 0.25) is 0 Å². The quantitative estimate of drug-likeness (QED) is 0.340. The second kappa shape index (κ2) is 10.6. The predicted octanol–water partition coefficient (Wildman–Crippen LogP) is 2.81. The van der Waals surface area contributed by atoms with E-state index < -0.39 is 6.10 Å². The summed E-state index contributed by atoms with van der Waals surface area (Å²) in [5.74, 6) is 0.346. The molecule has 152 valence electrons. The summed E-state index contributed by atoms with van der Waals surface area (Å²) in [4.78, 5) is 17.3. The molecule has 0 saturated heterocycles. The van der Waals surface area contributed by atoms with Gasteiger partial charge in [-0.1, -0.05) is 48.5 Å². The summed E-state index contributed by atoms with van der Waals surface area (Å²) in [6, 6.07) is 19.8. The number of hydrogen-bond donors (Lipinski definition) is 4. The van der Waals surface area contributed by atoms with Gasteiger partial charge in [-0.3, -0.25) is 4.79 Å². The Balaban J connectivity index is 1.51. The molecule has 3 rings (SSSR count). The maximum Gasteiger partial charge on any atom is 0.242 e. The molecule has 6 nitrogen and oxygen atoms in total. The molecule has 1 amide bonds. The van der Waals surface area contributed by atoms with Crippen LogP contribution in [0.5, 0.6) is 0 Å². The Labute approximate surface area is 174 Å². The molecular formula is C22H26N4O2S. The number of carbonyl (C=O) groups excluding carboxylic acids is 1. The lowest BCUT2D eigenvalue weighted by molar-refractivity contribution is -0.119. The number of nitrogens with one attached hydrogen (secondary N) is 3. The Kier molecular flexibility index (Phi) is 7.61. The highest BCUT2D eigenvalue weighted by molar-refractivity contribution is 7.19. The van der Waals surface area contributed by atoms with Crippen LogP contribution >= 0.6 is 11.3 Å². The first kappa shape index (κ1) is 20.8. The molecule has 0 radical (unpaired) electrons. The molecule has 3 aromatic rings. The van der Waals surface area contributed by atoms with Crippen LogP contribution in [-0.4, -0.2) is 36.6 Å². The van der Waals surface area contributed by atoms with Gasteiger partial charge in [-0.2, -0.15) is 0 Å². The van der Waals surface area contributed by atoms with Crippen molar-refractivity contribution in [1.29, 1.82) is 0 Å². The molecule has 0 bridgehead atoms. The highest BCUT2D eigenvalue weighted by Gasteiger charge is 2.12. The van der Waals surface area contributed by atoms with Gasteiger partial charge in [0.2, 0.25) is 5.91 Å². The minimum atomic E-state index is -0.650. The molecule has 0 fully saturated rings. The molecule has 1 unspecified atom stereocenters. The maximum absolute atomic E-state index is 12.1. The maximum atomic E-state index is 12.1. The van der Waals surface area contributed by atoms with Gasteiger partial charge >= 0.3 is 0 Å². The first-order valence-electron chi connectivity index (χ1n) is 9.65. The fourth-order valence-corrected chi connectivity index (χ4v) is 3.86. The molecule has 4 N–H and O–H groups in total. The number of amides is 1. The standard InChI is InChI=1S/C22H26N4O2S/c1-2-23-22(26-15-21(28)24-13-16-8-4-3-5-9-16)25-14-18(27)20-12-17-10-6-7-11-19(17)29-20/h3-12,18,27H,2,13-15H2,1H3,(H,24,28)(H2,23,25,26). The zero-order valence-corrected chi connectivity index (χ0v) is 17.2. The minimum absolute atomic E-state index is 0.0150. The van der Waals surface area contributed by atoms with Crippen molar-refractivity contribution < 1.29 is 9.90 Å². The van der Waals surface area contributed by atoms with E-state index in [9.17, 15) is 9.90 Å². The van der Waals surface area contributed by atoms with Crippen molar-refractivity contribution in [2.24, 2.45) is 4.99 Å². The van der Waals surface area contributed by atoms with E-state index in [0.717, 1.165) is 20.5 Å². The Morgan fingerprint density at radius 3 is 2.59 bits per heavy atom. The lowest BCUT2D eigenvalue weighted by Crippen LogP contribution is -2.40. The van der Waals surface area contributed by atoms with Crippen molar-refractivity contribution in [3.8, 4) is 0 Å². The molecular weight excluding hydrogens is 384 g/mol. The normalized spacial score (nSPS) is 12.6. The van der Waals surface area contributed by atoms with Gasteiger partial charge in [0.25, 0.3) is 0 Å². The van der Waals surface area contributed by atoms with E-state index >= 15 is 0 Å². The van der Waals surface area contributed by atoms with Gasteiger partial charge < -0.3 is 21.1 Å². The zero-order valence-electron chi connectivity index (χ0n) is 16.4. The Morgan fingerprint density at radius 2 is 1.83 bits per heavy atom. The second-order valence-electron chi connectivity index (χ2n) is 6.54. The molecule has 29 heavy (non-hydrogen) atoms. The van der Waals surface area contributed by atoms with Gasteiger partial charge in [-0.05, 0) is 30.0 Å². The molecule has 0 saturated carbocycles. The molecule has 0 spiro atoms. The third-order valence-corrected chi connectivity index (χ3v) is 5.51. The highest BCUT2D eigenvalue weighted by atomic mass is 32.1. The number of fused-ring (bicyclic) bond motifs is 1. The average molecular weight is 411 g/mol. The van der Waals surface area contributed by atoms with Gasteiger partial charge in [-0.25, -0.2) is 4.99 Å². The van der Waals surface area contributed by atoms with Gasteiger partial charge in [0.05, 0.1) is 0 Å². The highest BCUT2D eigenvalue weighted by Crippen LogP contribution is 2.29. The molecule has 1 atom stereocenters. The van der Waals surface area contributed by atoms with Gasteiger partial charge in [-0.15, -0.1) is 11.3 Å². The van der Waals surface area contributed by atoms with Crippen molar-refractivity contribution in [3.05, 3.63) is 71.1 Å². The largest absolute Gasteiger partial charge is 0.386 e. The van der Waals surface area contributed by atoms with E-state index in [4.69, 9.17) is 0 Å². The third kappa shape index (κ3) is 6.30. The van der Waals surface area contributed by atoms with E-state index in [-0.39, 0.29) is 12.5 Å². The zero-order chi connectivity index (χ0) is 20.5. The minimum Gasteiger partial charge on any atom is -0.386 e. The Bertz CT molecular complexity index is 923. The fourth-order valence-electron chi connectivity index (χ4n) is 2.81. The lowest BCUT2D eigenvalue weighted by Gasteiger charge is -2.14. The van der Waals surface area contributed by atoms with Crippen LogP contribution < -0.4 is 16.0 Å². The SMILES string of the molecule is CCNC(=NCC(=O)NCc1ccccc1)NCC(O)c1cc2ccccc2s1. The summed E-state index contributed by atoms with van der Waals surface area (Å²) >= 11 is 1.58. The number of thiophene rings is 1. The van der Waals surface area contributed by atoms with Crippen molar-refractivity contribution in [3.63, 3.8) is 0 Å².